The zero-order valence-corrected chi connectivity index (χ0v) is 14.0. The third kappa shape index (κ3) is 3.53. The van der Waals surface area contributed by atoms with Gasteiger partial charge in [0.25, 0.3) is 5.91 Å². The van der Waals surface area contributed by atoms with E-state index >= 15 is 0 Å². The summed E-state index contributed by atoms with van der Waals surface area (Å²) in [6.07, 6.45) is 3.36. The van der Waals surface area contributed by atoms with E-state index in [-0.39, 0.29) is 30.4 Å². The maximum atomic E-state index is 12.5. The summed E-state index contributed by atoms with van der Waals surface area (Å²) in [6.45, 7) is 2.43. The van der Waals surface area contributed by atoms with E-state index in [1.165, 1.54) is 0 Å². The van der Waals surface area contributed by atoms with Crippen molar-refractivity contribution in [3.8, 4) is 5.75 Å². The highest BCUT2D eigenvalue weighted by Crippen LogP contribution is 2.47. The standard InChI is InChI=1S/C18H25N3O3/c1-2-20-15(22)10-24-14-7-5-13(6-8-14)21-18(23)16-11-3-4-12(9-11)17(16)19/h5-8,11-12,16-17H,2-4,9-10,19H2,1H3,(H,20,22)(H,21,23). The fraction of sp³-hybridized carbons (Fsp3) is 0.556. The van der Waals surface area contributed by atoms with Crippen LogP contribution < -0.4 is 21.1 Å². The van der Waals surface area contributed by atoms with E-state index in [1.807, 2.05) is 6.92 Å². The van der Waals surface area contributed by atoms with Gasteiger partial charge in [-0.15, -0.1) is 0 Å². The zero-order valence-electron chi connectivity index (χ0n) is 14.0. The summed E-state index contributed by atoms with van der Waals surface area (Å²) >= 11 is 0. The molecule has 0 saturated heterocycles. The van der Waals surface area contributed by atoms with E-state index < -0.39 is 0 Å². The van der Waals surface area contributed by atoms with Crippen molar-refractivity contribution in [3.05, 3.63) is 24.3 Å². The number of ether oxygens (including phenoxy) is 1. The van der Waals surface area contributed by atoms with Crippen LogP contribution in [-0.4, -0.2) is 31.0 Å². The minimum atomic E-state index is -0.153. The highest BCUT2D eigenvalue weighted by Gasteiger charge is 2.49. The largest absolute Gasteiger partial charge is 0.484 e. The molecular formula is C18H25N3O3. The minimum absolute atomic E-state index is 0.0107. The molecule has 2 fully saturated rings. The Bertz CT molecular complexity index is 600. The number of carbonyl (C=O) groups excluding carboxylic acids is 2. The summed E-state index contributed by atoms with van der Waals surface area (Å²) in [6, 6.07) is 7.04. The van der Waals surface area contributed by atoms with Crippen LogP contribution in [0.4, 0.5) is 5.69 Å². The van der Waals surface area contributed by atoms with Crippen molar-refractivity contribution in [1.29, 1.82) is 0 Å². The molecule has 0 heterocycles. The molecule has 6 heteroatoms. The van der Waals surface area contributed by atoms with Crippen LogP contribution in [0.5, 0.6) is 5.75 Å². The number of rotatable bonds is 6. The minimum Gasteiger partial charge on any atom is -0.484 e. The van der Waals surface area contributed by atoms with E-state index in [0.29, 0.717) is 24.1 Å². The molecule has 0 spiro atoms. The first-order chi connectivity index (χ1) is 11.6. The molecule has 3 rings (SSSR count). The zero-order chi connectivity index (χ0) is 17.1. The van der Waals surface area contributed by atoms with E-state index in [4.69, 9.17) is 10.5 Å². The smallest absolute Gasteiger partial charge is 0.257 e. The van der Waals surface area contributed by atoms with Gasteiger partial charge in [0.2, 0.25) is 5.91 Å². The Hall–Kier alpha value is -2.08. The number of hydrogen-bond acceptors (Lipinski definition) is 4. The third-order valence-electron chi connectivity index (χ3n) is 5.15. The topological polar surface area (TPSA) is 93.5 Å². The van der Waals surface area contributed by atoms with Crippen molar-refractivity contribution in [3.63, 3.8) is 0 Å². The van der Waals surface area contributed by atoms with Crippen LogP contribution >= 0.6 is 0 Å². The Morgan fingerprint density at radius 2 is 1.92 bits per heavy atom. The molecule has 130 valence electrons. The SMILES string of the molecule is CCNC(=O)COc1ccc(NC(=O)C2C3CCC(C3)C2N)cc1. The first-order valence-corrected chi connectivity index (χ1v) is 8.64. The van der Waals surface area contributed by atoms with Gasteiger partial charge in [0.15, 0.2) is 6.61 Å². The predicted octanol–water partition coefficient (Wildman–Crippen LogP) is 1.51. The van der Waals surface area contributed by atoms with Crippen LogP contribution in [0.25, 0.3) is 0 Å². The second-order valence-electron chi connectivity index (χ2n) is 6.69. The number of anilines is 1. The molecule has 4 N–H and O–H groups in total. The number of fused-ring (bicyclic) bond motifs is 2. The van der Waals surface area contributed by atoms with Gasteiger partial charge >= 0.3 is 0 Å². The van der Waals surface area contributed by atoms with Gasteiger partial charge in [0.1, 0.15) is 5.75 Å². The lowest BCUT2D eigenvalue weighted by molar-refractivity contribution is -0.123. The highest BCUT2D eigenvalue weighted by molar-refractivity contribution is 5.93. The van der Waals surface area contributed by atoms with Crippen LogP contribution in [0.1, 0.15) is 26.2 Å². The lowest BCUT2D eigenvalue weighted by Crippen LogP contribution is -2.42. The van der Waals surface area contributed by atoms with E-state index in [1.54, 1.807) is 24.3 Å². The summed E-state index contributed by atoms with van der Waals surface area (Å²) in [5, 5.41) is 5.63. The van der Waals surface area contributed by atoms with E-state index in [9.17, 15) is 9.59 Å². The average Bonchev–Trinajstić information content (AvgIpc) is 3.15. The molecule has 2 amide bonds. The molecular weight excluding hydrogens is 306 g/mol. The van der Waals surface area contributed by atoms with Crippen molar-refractivity contribution in [2.24, 2.45) is 23.5 Å². The quantitative estimate of drug-likeness (QED) is 0.736. The monoisotopic (exact) mass is 331 g/mol. The van der Waals surface area contributed by atoms with Gasteiger partial charge < -0.3 is 21.1 Å². The lowest BCUT2D eigenvalue weighted by atomic mass is 9.84. The van der Waals surface area contributed by atoms with Crippen molar-refractivity contribution in [2.45, 2.75) is 32.2 Å². The fourth-order valence-electron chi connectivity index (χ4n) is 3.98. The van der Waals surface area contributed by atoms with Gasteiger partial charge in [0.05, 0.1) is 5.92 Å². The van der Waals surface area contributed by atoms with Crippen LogP contribution in [0.3, 0.4) is 0 Å². The molecule has 24 heavy (non-hydrogen) atoms. The molecule has 0 aliphatic heterocycles. The normalized spacial score (nSPS) is 27.8. The Labute approximate surface area is 142 Å². The van der Waals surface area contributed by atoms with Crippen LogP contribution in [-0.2, 0) is 9.59 Å². The molecule has 1 aromatic carbocycles. The first kappa shape index (κ1) is 16.8. The van der Waals surface area contributed by atoms with Crippen molar-refractivity contribution in [2.75, 3.05) is 18.5 Å². The number of amides is 2. The molecule has 2 aliphatic carbocycles. The average molecular weight is 331 g/mol. The van der Waals surface area contributed by atoms with Crippen LogP contribution in [0.2, 0.25) is 0 Å². The molecule has 0 radical (unpaired) electrons. The van der Waals surface area contributed by atoms with Gasteiger partial charge in [-0.25, -0.2) is 0 Å². The Kier molecular flexibility index (Phi) is 5.04. The molecule has 1 aromatic rings. The molecule has 4 unspecified atom stereocenters. The lowest BCUT2D eigenvalue weighted by Gasteiger charge is -2.27. The number of benzene rings is 1. The molecule has 6 nitrogen and oxygen atoms in total. The molecule has 2 bridgehead atoms. The number of carbonyl (C=O) groups is 2. The van der Waals surface area contributed by atoms with Crippen molar-refractivity contribution < 1.29 is 14.3 Å². The molecule has 4 atom stereocenters. The maximum Gasteiger partial charge on any atom is 0.257 e. The molecule has 2 aliphatic rings. The first-order valence-electron chi connectivity index (χ1n) is 8.64. The Morgan fingerprint density at radius 1 is 1.21 bits per heavy atom. The van der Waals surface area contributed by atoms with Gasteiger partial charge in [-0.05, 0) is 62.3 Å². The fourth-order valence-corrected chi connectivity index (χ4v) is 3.98. The van der Waals surface area contributed by atoms with E-state index in [2.05, 4.69) is 10.6 Å². The number of hydrogen-bond donors (Lipinski definition) is 3. The summed E-state index contributed by atoms with van der Waals surface area (Å²) in [5.41, 5.74) is 6.94. The van der Waals surface area contributed by atoms with Gasteiger partial charge in [0, 0.05) is 18.3 Å². The van der Waals surface area contributed by atoms with Crippen molar-refractivity contribution in [1.82, 2.24) is 5.32 Å². The third-order valence-corrected chi connectivity index (χ3v) is 5.15. The van der Waals surface area contributed by atoms with Crippen molar-refractivity contribution >= 4 is 17.5 Å². The second kappa shape index (κ2) is 7.21. The van der Waals surface area contributed by atoms with E-state index in [0.717, 1.165) is 24.9 Å². The summed E-state index contributed by atoms with van der Waals surface area (Å²) < 4.78 is 5.39. The molecule has 0 aromatic heterocycles. The Morgan fingerprint density at radius 3 is 2.54 bits per heavy atom. The number of nitrogens with two attached hydrogens (primary N) is 1. The van der Waals surface area contributed by atoms with Gasteiger partial charge in [-0.2, -0.15) is 0 Å². The van der Waals surface area contributed by atoms with Crippen LogP contribution in [0.15, 0.2) is 24.3 Å². The van der Waals surface area contributed by atoms with Crippen LogP contribution in [0, 0.1) is 17.8 Å². The number of nitrogens with one attached hydrogen (secondary N) is 2. The number of likely N-dealkylation sites (N-methyl/N-ethyl adjacent to an activating group) is 1. The van der Waals surface area contributed by atoms with Gasteiger partial charge in [-0.3, -0.25) is 9.59 Å². The summed E-state index contributed by atoms with van der Waals surface area (Å²) in [7, 11) is 0. The molecule has 2 saturated carbocycles. The highest BCUT2D eigenvalue weighted by atomic mass is 16.5. The second-order valence-corrected chi connectivity index (χ2v) is 6.69. The Balaban J connectivity index is 1.52. The maximum absolute atomic E-state index is 12.5. The van der Waals surface area contributed by atoms with Gasteiger partial charge in [-0.1, -0.05) is 0 Å². The summed E-state index contributed by atoms with van der Waals surface area (Å²) in [5.74, 6) is 1.33. The summed E-state index contributed by atoms with van der Waals surface area (Å²) in [4.78, 5) is 23.9. The predicted molar refractivity (Wildman–Crippen MR) is 91.5 cm³/mol.